The highest BCUT2D eigenvalue weighted by Crippen LogP contribution is 2.38. The smallest absolute Gasteiger partial charge is 0.240 e. The molecule has 2 N–H and O–H groups in total. The molecule has 1 aromatic rings. The summed E-state index contributed by atoms with van der Waals surface area (Å²) in [5, 5.41) is 3.70. The van der Waals surface area contributed by atoms with Crippen LogP contribution in [-0.4, -0.2) is 65.2 Å². The lowest BCUT2D eigenvalue weighted by molar-refractivity contribution is 0.156. The first-order valence-corrected chi connectivity index (χ1v) is 11.2. The van der Waals surface area contributed by atoms with Crippen molar-refractivity contribution in [3.8, 4) is 0 Å². The van der Waals surface area contributed by atoms with Crippen molar-refractivity contribution in [3.63, 3.8) is 0 Å². The molecule has 2 aliphatic rings. The number of ether oxygens (including phenoxy) is 1. The van der Waals surface area contributed by atoms with E-state index in [1.54, 1.807) is 12.1 Å². The first-order chi connectivity index (χ1) is 12.9. The van der Waals surface area contributed by atoms with Gasteiger partial charge in [0.1, 0.15) is 0 Å². The predicted octanol–water partition coefficient (Wildman–Crippen LogP) is 1.70. The molecule has 0 aromatic heterocycles. The van der Waals surface area contributed by atoms with Gasteiger partial charge in [-0.25, -0.2) is 13.1 Å². The summed E-state index contributed by atoms with van der Waals surface area (Å²) in [6.45, 7) is 6.94. The summed E-state index contributed by atoms with van der Waals surface area (Å²) >= 11 is 5.88. The maximum absolute atomic E-state index is 12.3. The van der Waals surface area contributed by atoms with Crippen molar-refractivity contribution < 1.29 is 13.2 Å². The molecule has 27 heavy (non-hydrogen) atoms. The molecule has 0 radical (unpaired) electrons. The zero-order chi connectivity index (χ0) is 19.3. The molecular weight excluding hydrogens is 388 g/mol. The molecular formula is C18H27ClN4O3S. The van der Waals surface area contributed by atoms with Gasteiger partial charge in [0, 0.05) is 43.2 Å². The Morgan fingerprint density at radius 2 is 2.26 bits per heavy atom. The zero-order valence-electron chi connectivity index (χ0n) is 15.6. The summed E-state index contributed by atoms with van der Waals surface area (Å²) < 4.78 is 32.8. The molecule has 150 valence electrons. The molecule has 3 rings (SSSR count). The third kappa shape index (κ3) is 5.13. The fourth-order valence-corrected chi connectivity index (χ4v) is 4.89. The van der Waals surface area contributed by atoms with Crippen LogP contribution < -0.4 is 10.0 Å². The second kappa shape index (κ2) is 8.77. The monoisotopic (exact) mass is 414 g/mol. The number of hydrogen-bond acceptors (Lipinski definition) is 4. The van der Waals surface area contributed by atoms with Gasteiger partial charge in [0.05, 0.1) is 18.0 Å². The van der Waals surface area contributed by atoms with Crippen LogP contribution in [-0.2, 0) is 14.8 Å². The molecule has 7 nitrogen and oxygen atoms in total. The number of nitrogens with zero attached hydrogens (tertiary/aromatic N) is 2. The maximum Gasteiger partial charge on any atom is 0.240 e. The summed E-state index contributed by atoms with van der Waals surface area (Å²) in [6, 6.07) is 6.22. The Balaban J connectivity index is 1.56. The quantitative estimate of drug-likeness (QED) is 0.420. The number of guanidine groups is 1. The van der Waals surface area contributed by atoms with E-state index in [1.165, 1.54) is 12.1 Å². The lowest BCUT2D eigenvalue weighted by Gasteiger charge is -2.25. The van der Waals surface area contributed by atoms with Crippen LogP contribution in [0.1, 0.15) is 19.8 Å². The number of benzene rings is 1. The Labute approximate surface area is 166 Å². The molecule has 0 bridgehead atoms. The van der Waals surface area contributed by atoms with Gasteiger partial charge in [0.2, 0.25) is 10.0 Å². The number of hydrogen-bond donors (Lipinski definition) is 2. The Morgan fingerprint density at radius 3 is 2.96 bits per heavy atom. The molecule has 1 unspecified atom stereocenters. The molecule has 1 atom stereocenters. The minimum Gasteiger partial charge on any atom is -0.381 e. The van der Waals surface area contributed by atoms with E-state index in [9.17, 15) is 8.42 Å². The molecule has 2 saturated heterocycles. The van der Waals surface area contributed by atoms with Crippen molar-refractivity contribution in [3.05, 3.63) is 29.3 Å². The summed E-state index contributed by atoms with van der Waals surface area (Å²) in [5.41, 5.74) is 0.254. The normalized spacial score (nSPS) is 23.3. The summed E-state index contributed by atoms with van der Waals surface area (Å²) in [4.78, 5) is 7.02. The third-order valence-electron chi connectivity index (χ3n) is 5.03. The van der Waals surface area contributed by atoms with Gasteiger partial charge in [0.25, 0.3) is 0 Å². The molecule has 0 saturated carbocycles. The summed E-state index contributed by atoms with van der Waals surface area (Å²) in [7, 11) is -3.58. The fourth-order valence-electron chi connectivity index (χ4n) is 3.57. The van der Waals surface area contributed by atoms with Gasteiger partial charge < -0.3 is 15.0 Å². The average Bonchev–Trinajstić information content (AvgIpc) is 3.28. The van der Waals surface area contributed by atoms with Crippen LogP contribution in [0.15, 0.2) is 34.2 Å². The highest BCUT2D eigenvalue weighted by Gasteiger charge is 2.42. The Kier molecular flexibility index (Phi) is 6.62. The van der Waals surface area contributed by atoms with Gasteiger partial charge in [-0.15, -0.1) is 0 Å². The van der Waals surface area contributed by atoms with Crippen LogP contribution in [0, 0.1) is 5.41 Å². The summed E-state index contributed by atoms with van der Waals surface area (Å²) in [6.07, 6.45) is 2.21. The van der Waals surface area contributed by atoms with Gasteiger partial charge >= 0.3 is 0 Å². The van der Waals surface area contributed by atoms with Crippen LogP contribution in [0.25, 0.3) is 0 Å². The van der Waals surface area contributed by atoms with E-state index in [1.807, 2.05) is 6.92 Å². The van der Waals surface area contributed by atoms with Crippen LogP contribution in [0.3, 0.4) is 0 Å². The number of aliphatic imine (C=N–C) groups is 1. The number of rotatable bonds is 6. The predicted molar refractivity (Wildman–Crippen MR) is 107 cm³/mol. The number of likely N-dealkylation sites (tertiary alicyclic amines) is 1. The first-order valence-electron chi connectivity index (χ1n) is 9.30. The molecule has 2 aliphatic heterocycles. The van der Waals surface area contributed by atoms with E-state index in [0.29, 0.717) is 11.6 Å². The van der Waals surface area contributed by atoms with E-state index < -0.39 is 10.0 Å². The molecule has 1 spiro atoms. The Morgan fingerprint density at radius 1 is 1.41 bits per heavy atom. The zero-order valence-corrected chi connectivity index (χ0v) is 17.2. The standard InChI is InChI=1S/C18H27ClN4O3S/c1-2-20-17(23-10-6-18(13-23)7-11-26-14-18)21-8-9-22-27(24,25)16-5-3-4-15(19)12-16/h3-5,12,22H,2,6-11,13-14H2,1H3,(H,20,21). The first kappa shape index (κ1) is 20.4. The van der Waals surface area contributed by atoms with E-state index in [4.69, 9.17) is 16.3 Å². The van der Waals surface area contributed by atoms with Gasteiger partial charge in [-0.3, -0.25) is 4.99 Å². The molecule has 0 aliphatic carbocycles. The van der Waals surface area contributed by atoms with E-state index in [0.717, 1.165) is 51.6 Å². The molecule has 0 amide bonds. The second-order valence-corrected chi connectivity index (χ2v) is 9.27. The van der Waals surface area contributed by atoms with E-state index in [-0.39, 0.29) is 16.9 Å². The molecule has 9 heteroatoms. The highest BCUT2D eigenvalue weighted by molar-refractivity contribution is 7.89. The molecule has 2 heterocycles. The van der Waals surface area contributed by atoms with E-state index >= 15 is 0 Å². The summed E-state index contributed by atoms with van der Waals surface area (Å²) in [5.74, 6) is 0.836. The molecule has 2 fully saturated rings. The number of halogens is 1. The largest absolute Gasteiger partial charge is 0.381 e. The lowest BCUT2D eigenvalue weighted by atomic mass is 9.87. The Bertz CT molecular complexity index is 779. The van der Waals surface area contributed by atoms with Crippen LogP contribution >= 0.6 is 11.6 Å². The number of sulfonamides is 1. The van der Waals surface area contributed by atoms with Crippen molar-refractivity contribution in [2.45, 2.75) is 24.7 Å². The van der Waals surface area contributed by atoms with Gasteiger partial charge in [-0.2, -0.15) is 0 Å². The minimum absolute atomic E-state index is 0.161. The van der Waals surface area contributed by atoms with Crippen molar-refractivity contribution in [2.24, 2.45) is 10.4 Å². The van der Waals surface area contributed by atoms with Crippen molar-refractivity contribution in [1.82, 2.24) is 14.9 Å². The third-order valence-corrected chi connectivity index (χ3v) is 6.72. The van der Waals surface area contributed by atoms with E-state index in [2.05, 4.69) is 19.9 Å². The van der Waals surface area contributed by atoms with Crippen LogP contribution in [0.2, 0.25) is 5.02 Å². The highest BCUT2D eigenvalue weighted by atomic mass is 35.5. The van der Waals surface area contributed by atoms with Crippen LogP contribution in [0.4, 0.5) is 0 Å². The maximum atomic E-state index is 12.3. The topological polar surface area (TPSA) is 83.0 Å². The SMILES string of the molecule is CCNC(=NCCNS(=O)(=O)c1cccc(Cl)c1)N1CCC2(CCOC2)C1. The molecule has 1 aromatic carbocycles. The minimum atomic E-state index is -3.58. The lowest BCUT2D eigenvalue weighted by Crippen LogP contribution is -2.42. The van der Waals surface area contributed by atoms with Gasteiger partial charge in [-0.05, 0) is 38.0 Å². The Hall–Kier alpha value is -1.35. The van der Waals surface area contributed by atoms with Crippen molar-refractivity contribution in [2.75, 3.05) is 45.9 Å². The van der Waals surface area contributed by atoms with Gasteiger partial charge in [0.15, 0.2) is 5.96 Å². The fraction of sp³-hybridized carbons (Fsp3) is 0.611. The number of nitrogens with one attached hydrogen (secondary N) is 2. The second-order valence-electron chi connectivity index (χ2n) is 7.06. The average molecular weight is 415 g/mol. The van der Waals surface area contributed by atoms with Crippen molar-refractivity contribution in [1.29, 1.82) is 0 Å². The van der Waals surface area contributed by atoms with Crippen molar-refractivity contribution >= 4 is 27.6 Å². The van der Waals surface area contributed by atoms with Crippen LogP contribution in [0.5, 0.6) is 0 Å². The van der Waals surface area contributed by atoms with Gasteiger partial charge in [-0.1, -0.05) is 17.7 Å².